The van der Waals surface area contributed by atoms with Gasteiger partial charge >= 0.3 is 0 Å². The van der Waals surface area contributed by atoms with Crippen LogP contribution in [0.25, 0.3) is 0 Å². The van der Waals surface area contributed by atoms with E-state index in [1.54, 1.807) is 20.3 Å². The second kappa shape index (κ2) is 6.35. The lowest BCUT2D eigenvalue weighted by Crippen LogP contribution is -2.34. The van der Waals surface area contributed by atoms with Crippen LogP contribution in [0.5, 0.6) is 0 Å². The Bertz CT molecular complexity index is 535. The molecule has 20 heavy (non-hydrogen) atoms. The van der Waals surface area contributed by atoms with Gasteiger partial charge in [0.1, 0.15) is 0 Å². The van der Waals surface area contributed by atoms with E-state index in [4.69, 9.17) is 11.6 Å². The molecule has 3 nitrogen and oxygen atoms in total. The lowest BCUT2D eigenvalue weighted by Gasteiger charge is -2.35. The van der Waals surface area contributed by atoms with Crippen molar-refractivity contribution in [2.24, 2.45) is 0 Å². The molecule has 0 unspecified atom stereocenters. The third-order valence-corrected chi connectivity index (χ3v) is 3.53. The van der Waals surface area contributed by atoms with Crippen molar-refractivity contribution >= 4 is 11.6 Å². The number of aromatic nitrogens is 1. The number of quaternary nitrogens is 1. The van der Waals surface area contributed by atoms with Crippen molar-refractivity contribution in [3.05, 3.63) is 70.1 Å². The number of hydrogen-bond acceptors (Lipinski definition) is 2. The van der Waals surface area contributed by atoms with Crippen LogP contribution >= 0.6 is 11.6 Å². The summed E-state index contributed by atoms with van der Waals surface area (Å²) in [7, 11) is 3.33. The van der Waals surface area contributed by atoms with Crippen LogP contribution in [-0.2, 0) is 0 Å². The number of rotatable bonds is 5. The van der Waals surface area contributed by atoms with Crippen LogP contribution in [0.15, 0.2) is 48.7 Å². The summed E-state index contributed by atoms with van der Waals surface area (Å²) in [5.41, 5.74) is 2.13. The van der Waals surface area contributed by atoms with E-state index in [1.165, 1.54) is 0 Å². The molecular formula is C16H19ClN2O. The highest BCUT2D eigenvalue weighted by Crippen LogP contribution is 2.28. The summed E-state index contributed by atoms with van der Waals surface area (Å²) in [6.45, 7) is 0.546. The van der Waals surface area contributed by atoms with Crippen molar-refractivity contribution in [2.75, 3.05) is 20.6 Å². The monoisotopic (exact) mass is 290 g/mol. The zero-order valence-corrected chi connectivity index (χ0v) is 12.5. The molecule has 0 aliphatic heterocycles. The minimum absolute atomic E-state index is 0.125. The van der Waals surface area contributed by atoms with Crippen molar-refractivity contribution in [1.82, 2.24) is 4.98 Å². The Morgan fingerprint density at radius 1 is 1.15 bits per heavy atom. The first kappa shape index (κ1) is 15.0. The first-order valence-electron chi connectivity index (χ1n) is 6.66. The minimum atomic E-state index is -0.295. The number of benzene rings is 1. The largest absolute Gasteiger partial charge is 0.633 e. The molecule has 1 aromatic carbocycles. The van der Waals surface area contributed by atoms with E-state index < -0.39 is 0 Å². The van der Waals surface area contributed by atoms with Crippen molar-refractivity contribution in [3.63, 3.8) is 0 Å². The van der Waals surface area contributed by atoms with Crippen molar-refractivity contribution in [1.29, 1.82) is 0 Å². The number of nitrogens with zero attached hydrogens (tertiary/aromatic N) is 2. The average Bonchev–Trinajstić information content (AvgIpc) is 2.41. The number of halogens is 1. The highest BCUT2D eigenvalue weighted by molar-refractivity contribution is 6.30. The second-order valence-electron chi connectivity index (χ2n) is 5.44. The maximum absolute atomic E-state index is 11.8. The molecule has 0 fully saturated rings. The summed E-state index contributed by atoms with van der Waals surface area (Å²) in [6.07, 6.45) is 2.55. The summed E-state index contributed by atoms with van der Waals surface area (Å²) in [5.74, 6) is 0.125. The molecule has 0 N–H and O–H groups in total. The third-order valence-electron chi connectivity index (χ3n) is 3.27. The summed E-state index contributed by atoms with van der Waals surface area (Å²) in [5, 5.41) is 12.5. The topological polar surface area (TPSA) is 36.0 Å². The molecule has 1 atom stereocenters. The van der Waals surface area contributed by atoms with E-state index in [0.717, 1.165) is 17.7 Å². The van der Waals surface area contributed by atoms with E-state index in [0.29, 0.717) is 11.6 Å². The predicted molar refractivity (Wildman–Crippen MR) is 82.5 cm³/mol. The molecule has 4 heteroatoms. The van der Waals surface area contributed by atoms with Gasteiger partial charge in [-0.3, -0.25) is 4.98 Å². The van der Waals surface area contributed by atoms with E-state index >= 15 is 0 Å². The van der Waals surface area contributed by atoms with Gasteiger partial charge in [0.25, 0.3) is 0 Å². The Labute approximate surface area is 125 Å². The lowest BCUT2D eigenvalue weighted by molar-refractivity contribution is -0.840. The molecule has 0 amide bonds. The predicted octanol–water partition coefficient (Wildman–Crippen LogP) is 3.83. The maximum Gasteiger partial charge on any atom is 0.0789 e. The Hall–Kier alpha value is -1.42. The standard InChI is InChI=1S/C16H19ClN2O/c1-19(2,20)12-10-15(16-5-3-4-11-18-16)13-6-8-14(17)9-7-13/h3-9,11,15H,10,12H2,1-2H3/t15-/m0/s1. The summed E-state index contributed by atoms with van der Waals surface area (Å²) >= 11 is 5.94. The van der Waals surface area contributed by atoms with Crippen molar-refractivity contribution in [3.8, 4) is 0 Å². The molecule has 0 bridgehead atoms. The molecule has 0 aliphatic rings. The summed E-state index contributed by atoms with van der Waals surface area (Å²) < 4.78 is -0.295. The smallest absolute Gasteiger partial charge is 0.0789 e. The molecule has 1 heterocycles. The molecule has 1 aromatic heterocycles. The van der Waals surface area contributed by atoms with Gasteiger partial charge in [-0.2, -0.15) is 0 Å². The number of pyridine rings is 1. The van der Waals surface area contributed by atoms with Crippen LogP contribution < -0.4 is 0 Å². The van der Waals surface area contributed by atoms with Crippen LogP contribution in [0.4, 0.5) is 0 Å². The van der Waals surface area contributed by atoms with E-state index in [9.17, 15) is 5.21 Å². The Morgan fingerprint density at radius 2 is 1.85 bits per heavy atom. The van der Waals surface area contributed by atoms with Gasteiger partial charge in [0.05, 0.1) is 20.6 Å². The SMILES string of the molecule is C[N+](C)([O-])CC[C@@H](c1ccc(Cl)cc1)c1ccccn1. The second-order valence-corrected chi connectivity index (χ2v) is 5.88. The summed E-state index contributed by atoms with van der Waals surface area (Å²) in [6, 6.07) is 13.6. The van der Waals surface area contributed by atoms with Gasteiger partial charge in [-0.25, -0.2) is 0 Å². The first-order valence-corrected chi connectivity index (χ1v) is 7.04. The fraction of sp³-hybridized carbons (Fsp3) is 0.312. The highest BCUT2D eigenvalue weighted by Gasteiger charge is 2.18. The summed E-state index contributed by atoms with van der Waals surface area (Å²) in [4.78, 5) is 4.44. The quantitative estimate of drug-likeness (QED) is 0.620. The molecule has 2 aromatic rings. The molecular weight excluding hydrogens is 272 g/mol. The van der Waals surface area contributed by atoms with Gasteiger partial charge < -0.3 is 9.85 Å². The van der Waals surface area contributed by atoms with Gasteiger partial charge in [-0.15, -0.1) is 0 Å². The van der Waals surface area contributed by atoms with E-state index in [-0.39, 0.29) is 10.6 Å². The van der Waals surface area contributed by atoms with Crippen LogP contribution in [0, 0.1) is 5.21 Å². The van der Waals surface area contributed by atoms with Gasteiger partial charge in [-0.1, -0.05) is 29.8 Å². The van der Waals surface area contributed by atoms with E-state index in [1.807, 2.05) is 42.5 Å². The maximum atomic E-state index is 11.8. The normalized spacial score (nSPS) is 13.2. The molecule has 0 saturated heterocycles. The Morgan fingerprint density at radius 3 is 2.40 bits per heavy atom. The zero-order chi connectivity index (χ0) is 14.6. The number of hydrogen-bond donors (Lipinski definition) is 0. The van der Waals surface area contributed by atoms with Crippen LogP contribution in [0.1, 0.15) is 23.6 Å². The lowest BCUT2D eigenvalue weighted by atomic mass is 9.92. The highest BCUT2D eigenvalue weighted by atomic mass is 35.5. The first-order chi connectivity index (χ1) is 9.46. The van der Waals surface area contributed by atoms with Gasteiger partial charge in [0.15, 0.2) is 0 Å². The van der Waals surface area contributed by atoms with Crippen molar-refractivity contribution < 1.29 is 4.65 Å². The van der Waals surface area contributed by atoms with E-state index in [2.05, 4.69) is 4.98 Å². The fourth-order valence-electron chi connectivity index (χ4n) is 2.20. The van der Waals surface area contributed by atoms with Crippen LogP contribution in [0.3, 0.4) is 0 Å². The Balaban J connectivity index is 2.27. The Kier molecular flexibility index (Phi) is 4.76. The fourth-order valence-corrected chi connectivity index (χ4v) is 2.33. The molecule has 0 radical (unpaired) electrons. The molecule has 0 aliphatic carbocycles. The minimum Gasteiger partial charge on any atom is -0.633 e. The average molecular weight is 291 g/mol. The van der Waals surface area contributed by atoms with Crippen LogP contribution in [0.2, 0.25) is 5.02 Å². The molecule has 106 valence electrons. The van der Waals surface area contributed by atoms with Gasteiger partial charge in [-0.05, 0) is 29.8 Å². The molecule has 0 spiro atoms. The van der Waals surface area contributed by atoms with Crippen molar-refractivity contribution in [2.45, 2.75) is 12.3 Å². The number of hydroxylamine groups is 3. The molecule has 2 rings (SSSR count). The third kappa shape index (κ3) is 4.30. The van der Waals surface area contributed by atoms with Gasteiger partial charge in [0, 0.05) is 29.3 Å². The zero-order valence-electron chi connectivity index (χ0n) is 11.8. The molecule has 0 saturated carbocycles. The van der Waals surface area contributed by atoms with Gasteiger partial charge in [0.2, 0.25) is 0 Å². The van der Waals surface area contributed by atoms with Crippen LogP contribution in [-0.4, -0.2) is 30.3 Å².